The molecule has 0 aliphatic heterocycles. The average molecular weight is 513 g/mol. The van der Waals surface area contributed by atoms with Crippen LogP contribution in [-0.4, -0.2) is 23.2 Å². The zero-order chi connectivity index (χ0) is 23.8. The molecular weight excluding hydrogens is 500 g/mol. The van der Waals surface area contributed by atoms with Crippen LogP contribution in [0.15, 0.2) is 78.0 Å². The highest BCUT2D eigenvalue weighted by atomic mass is 35.5. The van der Waals surface area contributed by atoms with E-state index in [4.69, 9.17) is 23.2 Å². The van der Waals surface area contributed by atoms with Crippen molar-refractivity contribution in [1.82, 2.24) is 14.8 Å². The van der Waals surface area contributed by atoms with Crippen LogP contribution >= 0.6 is 23.2 Å². The molecule has 0 fully saturated rings. The summed E-state index contributed by atoms with van der Waals surface area (Å²) in [6.07, 6.45) is -3.37. The highest BCUT2D eigenvalue weighted by molar-refractivity contribution is 7.92. The van der Waals surface area contributed by atoms with Gasteiger partial charge in [-0.2, -0.15) is 13.2 Å². The molecule has 0 saturated heterocycles. The average Bonchev–Trinajstić information content (AvgIpc) is 3.23. The molecule has 4 aromatic rings. The Hall–Kier alpha value is -3.08. The van der Waals surface area contributed by atoms with Crippen molar-refractivity contribution >= 4 is 38.9 Å². The van der Waals surface area contributed by atoms with Crippen LogP contribution in [0.4, 0.5) is 18.9 Å². The molecule has 3 aromatic carbocycles. The topological polar surface area (TPSA) is 76.9 Å². The number of nitrogens with zero attached hydrogens (tertiary/aromatic N) is 3. The SMILES string of the molecule is O=S(=O)(Nc1cc(Cl)ccc1-c1nncn1-c1ccccc1)c1ccc(Cl)c(C(F)(F)F)c1. The van der Waals surface area contributed by atoms with E-state index in [-0.39, 0.29) is 10.7 Å². The van der Waals surface area contributed by atoms with Gasteiger partial charge in [-0.05, 0) is 48.5 Å². The lowest BCUT2D eigenvalue weighted by atomic mass is 10.1. The third-order valence-corrected chi connectivity index (χ3v) is 6.53. The Kier molecular flexibility index (Phi) is 6.08. The van der Waals surface area contributed by atoms with E-state index < -0.39 is 31.7 Å². The molecule has 33 heavy (non-hydrogen) atoms. The Morgan fingerprint density at radius 2 is 1.67 bits per heavy atom. The number of halogens is 5. The summed E-state index contributed by atoms with van der Waals surface area (Å²) in [6.45, 7) is 0. The van der Waals surface area contributed by atoms with E-state index in [0.717, 1.165) is 12.1 Å². The molecule has 4 rings (SSSR count). The predicted molar refractivity (Wildman–Crippen MR) is 119 cm³/mol. The van der Waals surface area contributed by atoms with Crippen LogP contribution < -0.4 is 4.72 Å². The first-order valence-corrected chi connectivity index (χ1v) is 11.4. The van der Waals surface area contributed by atoms with Crippen molar-refractivity contribution in [2.75, 3.05) is 4.72 Å². The molecule has 0 atom stereocenters. The molecule has 1 N–H and O–H groups in total. The number of hydrogen-bond donors (Lipinski definition) is 1. The smallest absolute Gasteiger partial charge is 0.282 e. The molecule has 0 spiro atoms. The van der Waals surface area contributed by atoms with Gasteiger partial charge in [-0.25, -0.2) is 8.42 Å². The van der Waals surface area contributed by atoms with Gasteiger partial charge >= 0.3 is 6.18 Å². The van der Waals surface area contributed by atoms with E-state index in [1.54, 1.807) is 16.7 Å². The van der Waals surface area contributed by atoms with E-state index in [1.165, 1.54) is 24.5 Å². The summed E-state index contributed by atoms with van der Waals surface area (Å²) >= 11 is 11.7. The second kappa shape index (κ2) is 8.69. The first-order chi connectivity index (χ1) is 15.6. The van der Waals surface area contributed by atoms with E-state index in [9.17, 15) is 21.6 Å². The van der Waals surface area contributed by atoms with Crippen molar-refractivity contribution in [2.24, 2.45) is 0 Å². The van der Waals surface area contributed by atoms with Crippen LogP contribution in [0.2, 0.25) is 10.0 Å². The van der Waals surface area contributed by atoms with Gasteiger partial charge < -0.3 is 0 Å². The van der Waals surface area contributed by atoms with Crippen LogP contribution in [0, 0.1) is 0 Å². The van der Waals surface area contributed by atoms with Crippen LogP contribution in [-0.2, 0) is 16.2 Å². The molecule has 1 aromatic heterocycles. The Bertz CT molecular complexity index is 1430. The molecule has 12 heteroatoms. The standard InChI is InChI=1S/C21H13Cl2F3N4O2S/c22-13-6-8-16(20-28-27-12-30(20)14-4-2-1-3-5-14)19(10-13)29-33(31,32)15-7-9-18(23)17(11-15)21(24,25)26/h1-12,29H. The lowest BCUT2D eigenvalue weighted by molar-refractivity contribution is -0.137. The van der Waals surface area contributed by atoms with Crippen molar-refractivity contribution in [2.45, 2.75) is 11.1 Å². The molecule has 0 aliphatic rings. The van der Waals surface area contributed by atoms with Crippen molar-refractivity contribution in [1.29, 1.82) is 0 Å². The fourth-order valence-electron chi connectivity index (χ4n) is 3.08. The molecule has 0 unspecified atom stereocenters. The molecular formula is C21H13Cl2F3N4O2S. The highest BCUT2D eigenvalue weighted by Crippen LogP contribution is 2.37. The third kappa shape index (κ3) is 4.82. The Labute approximate surface area is 196 Å². The zero-order valence-corrected chi connectivity index (χ0v) is 18.7. The monoisotopic (exact) mass is 512 g/mol. The normalized spacial score (nSPS) is 12.0. The number of anilines is 1. The highest BCUT2D eigenvalue weighted by Gasteiger charge is 2.34. The van der Waals surface area contributed by atoms with Crippen LogP contribution in [0.25, 0.3) is 17.1 Å². The van der Waals surface area contributed by atoms with Crippen molar-refractivity contribution in [3.05, 3.63) is 88.7 Å². The first-order valence-electron chi connectivity index (χ1n) is 9.21. The molecule has 6 nitrogen and oxygen atoms in total. The Morgan fingerprint density at radius 3 is 2.36 bits per heavy atom. The number of rotatable bonds is 5. The van der Waals surface area contributed by atoms with Gasteiger partial charge in [0.15, 0.2) is 5.82 Å². The minimum Gasteiger partial charge on any atom is -0.282 e. The maximum absolute atomic E-state index is 13.2. The number of benzene rings is 3. The van der Waals surface area contributed by atoms with Gasteiger partial charge in [-0.15, -0.1) is 10.2 Å². The number of sulfonamides is 1. The third-order valence-electron chi connectivity index (χ3n) is 4.60. The second-order valence-corrected chi connectivity index (χ2v) is 9.32. The van der Waals surface area contributed by atoms with Crippen molar-refractivity contribution in [3.8, 4) is 17.1 Å². The van der Waals surface area contributed by atoms with Gasteiger partial charge in [0.2, 0.25) is 0 Å². The van der Waals surface area contributed by atoms with E-state index in [0.29, 0.717) is 23.1 Å². The minimum atomic E-state index is -4.82. The summed E-state index contributed by atoms with van der Waals surface area (Å²) in [5.74, 6) is 0.294. The molecule has 0 radical (unpaired) electrons. The van der Waals surface area contributed by atoms with Gasteiger partial charge in [0.25, 0.3) is 10.0 Å². The summed E-state index contributed by atoms with van der Waals surface area (Å²) in [5.41, 5.74) is -0.221. The van der Waals surface area contributed by atoms with Gasteiger partial charge in [-0.3, -0.25) is 9.29 Å². The number of aromatic nitrogens is 3. The summed E-state index contributed by atoms with van der Waals surface area (Å²) < 4.78 is 69.5. The summed E-state index contributed by atoms with van der Waals surface area (Å²) in [7, 11) is -4.45. The minimum absolute atomic E-state index is 0.0104. The summed E-state index contributed by atoms with van der Waals surface area (Å²) in [4.78, 5) is -0.616. The number of alkyl halides is 3. The maximum Gasteiger partial charge on any atom is 0.417 e. The molecule has 170 valence electrons. The van der Waals surface area contributed by atoms with Gasteiger partial charge in [-0.1, -0.05) is 41.4 Å². The lowest BCUT2D eigenvalue weighted by Gasteiger charge is -2.15. The van der Waals surface area contributed by atoms with Crippen LogP contribution in [0.3, 0.4) is 0 Å². The number of hydrogen-bond acceptors (Lipinski definition) is 4. The Morgan fingerprint density at radius 1 is 0.939 bits per heavy atom. The van der Waals surface area contributed by atoms with Crippen LogP contribution in [0.5, 0.6) is 0 Å². The van der Waals surface area contributed by atoms with Crippen molar-refractivity contribution < 1.29 is 21.6 Å². The van der Waals surface area contributed by atoms with Gasteiger partial charge in [0, 0.05) is 16.3 Å². The quantitative estimate of drug-likeness (QED) is 0.352. The maximum atomic E-state index is 13.2. The molecule has 0 amide bonds. The van der Waals surface area contributed by atoms with Crippen molar-refractivity contribution in [3.63, 3.8) is 0 Å². The molecule has 0 bridgehead atoms. The van der Waals surface area contributed by atoms with Gasteiger partial charge in [0.05, 0.1) is 21.2 Å². The lowest BCUT2D eigenvalue weighted by Crippen LogP contribution is -2.16. The fraction of sp³-hybridized carbons (Fsp3) is 0.0476. The number of nitrogens with one attached hydrogen (secondary N) is 1. The first kappa shape index (κ1) is 23.1. The summed E-state index contributed by atoms with van der Waals surface area (Å²) in [6, 6.07) is 15.8. The fourth-order valence-corrected chi connectivity index (χ4v) is 4.58. The Balaban J connectivity index is 1.79. The van der Waals surface area contributed by atoms with E-state index in [1.807, 2.05) is 18.2 Å². The molecule has 0 saturated carbocycles. The zero-order valence-electron chi connectivity index (χ0n) is 16.4. The molecule has 0 aliphatic carbocycles. The number of para-hydroxylation sites is 1. The van der Waals surface area contributed by atoms with E-state index in [2.05, 4.69) is 14.9 Å². The largest absolute Gasteiger partial charge is 0.417 e. The summed E-state index contributed by atoms with van der Waals surface area (Å²) in [5, 5.41) is 7.58. The van der Waals surface area contributed by atoms with Crippen LogP contribution in [0.1, 0.15) is 5.56 Å². The van der Waals surface area contributed by atoms with E-state index >= 15 is 0 Å². The predicted octanol–water partition coefficient (Wildman–Crippen LogP) is 6.06. The van der Waals surface area contributed by atoms with Gasteiger partial charge in [0.1, 0.15) is 6.33 Å². The molecule has 1 heterocycles. The second-order valence-electron chi connectivity index (χ2n) is 6.79.